The van der Waals surface area contributed by atoms with Crippen molar-refractivity contribution >= 4 is 38.5 Å². The Morgan fingerprint density at radius 3 is 2.52 bits per heavy atom. The standard InChI is InChI=1S/C19H19N3O6S/c1-11-13-9-8-12(27-19(24)22(2)3)10-15(13)28-18(23)17(11)21-29(25,26)16-7-5-4-6-14(16)20/h4-10,21H,20H2,1-3H3. The fourth-order valence-corrected chi connectivity index (χ4v) is 3.88. The van der Waals surface area contributed by atoms with Gasteiger partial charge >= 0.3 is 11.7 Å². The third-order valence-electron chi connectivity index (χ3n) is 4.15. The first-order chi connectivity index (χ1) is 13.6. The minimum absolute atomic E-state index is 0.0511. The Balaban J connectivity index is 2.03. The number of rotatable bonds is 4. The molecule has 0 saturated heterocycles. The van der Waals surface area contributed by atoms with Crippen LogP contribution in [0.3, 0.4) is 0 Å². The van der Waals surface area contributed by atoms with Gasteiger partial charge in [0.1, 0.15) is 21.9 Å². The maximum Gasteiger partial charge on any atom is 0.414 e. The van der Waals surface area contributed by atoms with Gasteiger partial charge in [-0.15, -0.1) is 0 Å². The lowest BCUT2D eigenvalue weighted by Crippen LogP contribution is -2.25. The van der Waals surface area contributed by atoms with Gasteiger partial charge < -0.3 is 19.8 Å². The number of nitrogens with two attached hydrogens (primary N) is 1. The summed E-state index contributed by atoms with van der Waals surface area (Å²) in [6.07, 6.45) is -0.590. The van der Waals surface area contributed by atoms with Gasteiger partial charge in [0.15, 0.2) is 0 Å². The van der Waals surface area contributed by atoms with Crippen molar-refractivity contribution in [1.29, 1.82) is 0 Å². The van der Waals surface area contributed by atoms with Crippen molar-refractivity contribution in [3.05, 3.63) is 58.4 Å². The number of nitrogens with zero attached hydrogens (tertiary/aromatic N) is 1. The van der Waals surface area contributed by atoms with Crippen molar-refractivity contribution < 1.29 is 22.4 Å². The molecule has 3 aromatic rings. The number of ether oxygens (including phenoxy) is 1. The van der Waals surface area contributed by atoms with Gasteiger partial charge in [-0.25, -0.2) is 18.0 Å². The molecule has 3 N–H and O–H groups in total. The molecule has 0 spiro atoms. The topological polar surface area (TPSA) is 132 Å². The summed E-state index contributed by atoms with van der Waals surface area (Å²) in [7, 11) is -1.03. The number of carbonyl (C=O) groups excluding carboxylic acids is 1. The van der Waals surface area contributed by atoms with E-state index in [4.69, 9.17) is 14.9 Å². The van der Waals surface area contributed by atoms with Crippen LogP contribution < -0.4 is 20.8 Å². The molecule has 0 bridgehead atoms. The smallest absolute Gasteiger partial charge is 0.414 e. The number of hydrogen-bond acceptors (Lipinski definition) is 7. The zero-order valence-corrected chi connectivity index (χ0v) is 16.7. The van der Waals surface area contributed by atoms with E-state index >= 15 is 0 Å². The molecule has 10 heteroatoms. The van der Waals surface area contributed by atoms with Gasteiger partial charge in [0.25, 0.3) is 10.0 Å². The second kappa shape index (κ2) is 7.47. The quantitative estimate of drug-likeness (QED) is 0.492. The summed E-state index contributed by atoms with van der Waals surface area (Å²) in [4.78, 5) is 25.2. The predicted molar refractivity (Wildman–Crippen MR) is 109 cm³/mol. The van der Waals surface area contributed by atoms with Gasteiger partial charge in [-0.1, -0.05) is 12.1 Å². The molecule has 0 fully saturated rings. The molecule has 152 valence electrons. The highest BCUT2D eigenvalue weighted by atomic mass is 32.2. The fraction of sp³-hybridized carbons (Fsp3) is 0.158. The van der Waals surface area contributed by atoms with Gasteiger partial charge in [0, 0.05) is 25.5 Å². The maximum atomic E-state index is 12.7. The van der Waals surface area contributed by atoms with E-state index in [-0.39, 0.29) is 27.6 Å². The largest absolute Gasteiger partial charge is 0.421 e. The van der Waals surface area contributed by atoms with Gasteiger partial charge in [-0.3, -0.25) is 4.72 Å². The summed E-state index contributed by atoms with van der Waals surface area (Å²) >= 11 is 0. The molecule has 9 nitrogen and oxygen atoms in total. The SMILES string of the molecule is Cc1c(NS(=O)(=O)c2ccccc2N)c(=O)oc2cc(OC(=O)N(C)C)ccc12. The molecule has 2 aromatic carbocycles. The van der Waals surface area contributed by atoms with Crippen molar-refractivity contribution in [3.8, 4) is 5.75 Å². The number of sulfonamides is 1. The van der Waals surface area contributed by atoms with E-state index in [9.17, 15) is 18.0 Å². The molecule has 0 saturated carbocycles. The molecule has 0 aliphatic heterocycles. The second-order valence-electron chi connectivity index (χ2n) is 6.45. The lowest BCUT2D eigenvalue weighted by atomic mass is 10.1. The summed E-state index contributed by atoms with van der Waals surface area (Å²) in [6.45, 7) is 1.58. The summed E-state index contributed by atoms with van der Waals surface area (Å²) in [6, 6.07) is 10.4. The highest BCUT2D eigenvalue weighted by Crippen LogP contribution is 2.28. The third-order valence-corrected chi connectivity index (χ3v) is 5.58. The minimum Gasteiger partial charge on any atom is -0.421 e. The number of hydrogen-bond donors (Lipinski definition) is 2. The molecule has 0 aliphatic rings. The summed E-state index contributed by atoms with van der Waals surface area (Å²) in [5.41, 5.74) is 5.19. The van der Waals surface area contributed by atoms with Crippen molar-refractivity contribution in [1.82, 2.24) is 4.90 Å². The third kappa shape index (κ3) is 4.02. The molecule has 0 unspecified atom stereocenters. The predicted octanol–water partition coefficient (Wildman–Crippen LogP) is 2.54. The summed E-state index contributed by atoms with van der Waals surface area (Å²) in [5.74, 6) is 0.184. The van der Waals surface area contributed by atoms with E-state index < -0.39 is 21.7 Å². The van der Waals surface area contributed by atoms with Crippen LogP contribution in [0.25, 0.3) is 11.0 Å². The lowest BCUT2D eigenvalue weighted by Gasteiger charge is -2.13. The van der Waals surface area contributed by atoms with Gasteiger partial charge in [0.2, 0.25) is 0 Å². The van der Waals surface area contributed by atoms with E-state index in [2.05, 4.69) is 4.72 Å². The van der Waals surface area contributed by atoms with Crippen LogP contribution in [-0.4, -0.2) is 33.5 Å². The molecule has 29 heavy (non-hydrogen) atoms. The first-order valence-corrected chi connectivity index (χ1v) is 9.92. The molecule has 1 amide bonds. The normalized spacial score (nSPS) is 11.3. The number of benzene rings is 2. The molecule has 1 heterocycles. The second-order valence-corrected chi connectivity index (χ2v) is 8.10. The number of anilines is 2. The summed E-state index contributed by atoms with van der Waals surface area (Å²) in [5, 5.41) is 0.480. The number of aryl methyl sites for hydroxylation is 1. The number of amides is 1. The molecule has 0 atom stereocenters. The van der Waals surface area contributed by atoms with Crippen LogP contribution >= 0.6 is 0 Å². The first-order valence-electron chi connectivity index (χ1n) is 8.44. The Kier molecular flexibility index (Phi) is 5.21. The molecular weight excluding hydrogens is 398 g/mol. The maximum absolute atomic E-state index is 12.7. The van der Waals surface area contributed by atoms with Crippen molar-refractivity contribution in [3.63, 3.8) is 0 Å². The number of nitrogen functional groups attached to an aromatic ring is 1. The van der Waals surface area contributed by atoms with Gasteiger partial charge in [0.05, 0.1) is 5.69 Å². The fourth-order valence-electron chi connectivity index (χ4n) is 2.62. The number of carbonyl (C=O) groups is 1. The number of nitrogens with one attached hydrogen (secondary N) is 1. The van der Waals surface area contributed by atoms with Gasteiger partial charge in [-0.2, -0.15) is 0 Å². The molecule has 0 aliphatic carbocycles. The molecule has 1 aromatic heterocycles. The van der Waals surface area contributed by atoms with Crippen molar-refractivity contribution in [2.24, 2.45) is 0 Å². The number of fused-ring (bicyclic) bond motifs is 1. The van der Waals surface area contributed by atoms with Crippen molar-refractivity contribution in [2.45, 2.75) is 11.8 Å². The average Bonchev–Trinajstić information content (AvgIpc) is 2.65. The Labute approximate surface area is 166 Å². The van der Waals surface area contributed by atoms with Gasteiger partial charge in [-0.05, 0) is 36.8 Å². The van der Waals surface area contributed by atoms with E-state index in [1.165, 1.54) is 49.3 Å². The van der Waals surface area contributed by atoms with E-state index in [1.54, 1.807) is 19.1 Å². The monoisotopic (exact) mass is 417 g/mol. The Hall–Kier alpha value is -3.53. The Morgan fingerprint density at radius 1 is 1.17 bits per heavy atom. The Morgan fingerprint density at radius 2 is 1.86 bits per heavy atom. The minimum atomic E-state index is -4.10. The van der Waals surface area contributed by atoms with Crippen LogP contribution in [0.15, 0.2) is 56.6 Å². The average molecular weight is 417 g/mol. The van der Waals surface area contributed by atoms with Crippen LogP contribution in [0, 0.1) is 6.92 Å². The molecule has 3 rings (SSSR count). The molecule has 0 radical (unpaired) electrons. The number of para-hydroxylation sites is 1. The highest BCUT2D eigenvalue weighted by molar-refractivity contribution is 7.92. The zero-order valence-electron chi connectivity index (χ0n) is 15.9. The molecular formula is C19H19N3O6S. The van der Waals surface area contributed by atoms with E-state index in [0.717, 1.165) is 0 Å². The van der Waals surface area contributed by atoms with Crippen molar-refractivity contribution in [2.75, 3.05) is 24.6 Å². The van der Waals surface area contributed by atoms with Crippen LogP contribution in [0.4, 0.5) is 16.2 Å². The zero-order chi connectivity index (χ0) is 21.3. The van der Waals surface area contributed by atoms with E-state index in [0.29, 0.717) is 10.9 Å². The lowest BCUT2D eigenvalue weighted by molar-refractivity contribution is 0.172. The Bertz CT molecular complexity index is 1260. The van der Waals surface area contributed by atoms with Crippen LogP contribution in [0.5, 0.6) is 5.75 Å². The van der Waals surface area contributed by atoms with E-state index in [1.807, 2.05) is 0 Å². The highest BCUT2D eigenvalue weighted by Gasteiger charge is 2.22. The van der Waals surface area contributed by atoms with Crippen LogP contribution in [-0.2, 0) is 10.0 Å². The summed E-state index contributed by atoms with van der Waals surface area (Å²) < 4.78 is 38.0. The van der Waals surface area contributed by atoms with Crippen LogP contribution in [0.2, 0.25) is 0 Å². The van der Waals surface area contributed by atoms with Crippen LogP contribution in [0.1, 0.15) is 5.56 Å². The first kappa shape index (κ1) is 20.2.